The van der Waals surface area contributed by atoms with Crippen molar-refractivity contribution in [3.8, 4) is 0 Å². The summed E-state index contributed by atoms with van der Waals surface area (Å²) in [5.74, 6) is -1.13. The van der Waals surface area contributed by atoms with Gasteiger partial charge in [0, 0.05) is 43.1 Å². The summed E-state index contributed by atoms with van der Waals surface area (Å²) in [6.07, 6.45) is -5.24. The highest BCUT2D eigenvalue weighted by Gasteiger charge is 2.39. The molecule has 0 radical (unpaired) electrons. The number of esters is 2. The molecule has 8 nitrogen and oxygen atoms in total. The number of nitrogens with zero attached hydrogens (tertiary/aromatic N) is 4. The van der Waals surface area contributed by atoms with Crippen LogP contribution in [0.5, 0.6) is 0 Å². The Morgan fingerprint density at radius 1 is 0.932 bits per heavy atom. The molecule has 3 aromatic rings. The van der Waals surface area contributed by atoms with E-state index in [-0.39, 0.29) is 23.5 Å². The Hall–Kier alpha value is -4.61. The van der Waals surface area contributed by atoms with Gasteiger partial charge in [0.2, 0.25) is 5.96 Å². The molecule has 0 saturated carbocycles. The smallest absolute Gasteiger partial charge is 0.416 e. The standard InChI is InChI=1S/C32H32F4N4O4/c1-20(2)44-29(41)19-28-26-17-21(30(42)43-3)7-12-27(26)37-31(40(28)25-6-4-5-22(18-25)32(34,35)36)39-15-13-38(14-16-39)24-10-8-23(33)9-11-24/h4-12,17-18,20,28H,13-16,19H2,1-3H3. The molecule has 232 valence electrons. The van der Waals surface area contributed by atoms with Crippen molar-refractivity contribution in [1.82, 2.24) is 4.90 Å². The molecule has 1 atom stereocenters. The van der Waals surface area contributed by atoms with Crippen LogP contribution in [0.15, 0.2) is 71.7 Å². The fourth-order valence-corrected chi connectivity index (χ4v) is 5.45. The van der Waals surface area contributed by atoms with Gasteiger partial charge in [-0.25, -0.2) is 14.2 Å². The number of halogens is 4. The number of alkyl halides is 3. The minimum absolute atomic E-state index is 0.177. The lowest BCUT2D eigenvalue weighted by molar-refractivity contribution is -0.147. The Morgan fingerprint density at radius 2 is 1.61 bits per heavy atom. The van der Waals surface area contributed by atoms with Crippen LogP contribution in [0.2, 0.25) is 0 Å². The predicted octanol–water partition coefficient (Wildman–Crippen LogP) is 6.34. The van der Waals surface area contributed by atoms with E-state index in [1.807, 2.05) is 4.90 Å². The fraction of sp³-hybridized carbons (Fsp3) is 0.344. The molecule has 1 saturated heterocycles. The summed E-state index contributed by atoms with van der Waals surface area (Å²) in [5, 5.41) is 0. The number of hydrogen-bond donors (Lipinski definition) is 0. The minimum Gasteiger partial charge on any atom is -0.465 e. The van der Waals surface area contributed by atoms with Gasteiger partial charge in [-0.2, -0.15) is 13.2 Å². The lowest BCUT2D eigenvalue weighted by Crippen LogP contribution is -2.55. The monoisotopic (exact) mass is 612 g/mol. The van der Waals surface area contributed by atoms with Crippen molar-refractivity contribution in [2.75, 3.05) is 43.1 Å². The maximum Gasteiger partial charge on any atom is 0.416 e. The number of benzene rings is 3. The normalized spacial score (nSPS) is 16.9. The molecule has 2 heterocycles. The van der Waals surface area contributed by atoms with E-state index in [1.54, 1.807) is 49.1 Å². The Morgan fingerprint density at radius 3 is 2.25 bits per heavy atom. The average Bonchev–Trinajstić information content (AvgIpc) is 3.00. The molecule has 0 amide bonds. The van der Waals surface area contributed by atoms with Gasteiger partial charge >= 0.3 is 18.1 Å². The highest BCUT2D eigenvalue weighted by Crippen LogP contribution is 2.43. The van der Waals surface area contributed by atoms with Crippen LogP contribution < -0.4 is 9.80 Å². The zero-order valence-electron chi connectivity index (χ0n) is 24.5. The van der Waals surface area contributed by atoms with E-state index < -0.39 is 35.8 Å². The first-order valence-electron chi connectivity index (χ1n) is 14.2. The SMILES string of the molecule is COC(=O)c1ccc2c(c1)C(CC(=O)OC(C)C)N(c1cccc(C(F)(F)F)c1)C(N1CCN(c3ccc(F)cc3)CC1)=N2. The first kappa shape index (κ1) is 30.8. The van der Waals surface area contributed by atoms with Crippen LogP contribution in [-0.4, -0.2) is 62.2 Å². The molecular formula is C32H32F4N4O4. The second-order valence-electron chi connectivity index (χ2n) is 10.8. The van der Waals surface area contributed by atoms with Gasteiger partial charge in [0.1, 0.15) is 5.82 Å². The molecule has 0 bridgehead atoms. The van der Waals surface area contributed by atoms with Crippen molar-refractivity contribution >= 4 is 35.0 Å². The molecule has 2 aliphatic heterocycles. The van der Waals surface area contributed by atoms with E-state index in [0.717, 1.165) is 17.8 Å². The van der Waals surface area contributed by atoms with E-state index in [0.29, 0.717) is 43.4 Å². The maximum absolute atomic E-state index is 13.9. The molecule has 3 aromatic carbocycles. The quantitative estimate of drug-likeness (QED) is 0.238. The number of aliphatic imine (C=N–C) groups is 1. The first-order valence-corrected chi connectivity index (χ1v) is 14.2. The topological polar surface area (TPSA) is 74.7 Å². The largest absolute Gasteiger partial charge is 0.465 e. The summed E-state index contributed by atoms with van der Waals surface area (Å²) in [5.41, 5.74) is 1.33. The number of carbonyl (C=O) groups is 2. The molecule has 2 aliphatic rings. The average molecular weight is 613 g/mol. The number of piperazine rings is 1. The van der Waals surface area contributed by atoms with Crippen molar-refractivity contribution in [1.29, 1.82) is 0 Å². The highest BCUT2D eigenvalue weighted by atomic mass is 19.4. The molecule has 12 heteroatoms. The van der Waals surface area contributed by atoms with Crippen LogP contribution in [0.25, 0.3) is 0 Å². The second kappa shape index (κ2) is 12.6. The van der Waals surface area contributed by atoms with Crippen LogP contribution in [0.3, 0.4) is 0 Å². The van der Waals surface area contributed by atoms with Crippen LogP contribution in [0.1, 0.15) is 47.8 Å². The number of carbonyl (C=O) groups excluding carboxylic acids is 2. The van der Waals surface area contributed by atoms with Gasteiger partial charge in [-0.15, -0.1) is 0 Å². The second-order valence-corrected chi connectivity index (χ2v) is 10.8. The Kier molecular flexibility index (Phi) is 8.80. The number of methoxy groups -OCH3 is 1. The molecule has 0 N–H and O–H groups in total. The van der Waals surface area contributed by atoms with Crippen LogP contribution >= 0.6 is 0 Å². The number of hydrogen-bond acceptors (Lipinski definition) is 8. The summed E-state index contributed by atoms with van der Waals surface area (Å²) in [6, 6.07) is 14.9. The number of rotatable bonds is 6. The maximum atomic E-state index is 13.9. The number of ether oxygens (including phenoxy) is 2. The van der Waals surface area contributed by atoms with E-state index in [4.69, 9.17) is 14.5 Å². The zero-order chi connectivity index (χ0) is 31.6. The zero-order valence-corrected chi connectivity index (χ0v) is 24.5. The summed E-state index contributed by atoms with van der Waals surface area (Å²) >= 11 is 0. The molecule has 44 heavy (non-hydrogen) atoms. The van der Waals surface area contributed by atoms with Crippen molar-refractivity contribution in [3.63, 3.8) is 0 Å². The third-order valence-electron chi connectivity index (χ3n) is 7.49. The molecule has 0 aromatic heterocycles. The summed E-state index contributed by atoms with van der Waals surface area (Å²) in [4.78, 5) is 36.1. The molecule has 5 rings (SSSR count). The Labute approximate surface area is 252 Å². The van der Waals surface area contributed by atoms with Gasteiger partial charge in [0.05, 0.1) is 42.5 Å². The molecular weight excluding hydrogens is 580 g/mol. The summed E-state index contributed by atoms with van der Waals surface area (Å²) < 4.78 is 65.5. The Bertz CT molecular complexity index is 1550. The lowest BCUT2D eigenvalue weighted by Gasteiger charge is -2.45. The van der Waals surface area contributed by atoms with E-state index >= 15 is 0 Å². The lowest BCUT2D eigenvalue weighted by atomic mass is 9.95. The van der Waals surface area contributed by atoms with E-state index in [1.165, 1.54) is 31.4 Å². The van der Waals surface area contributed by atoms with Gasteiger partial charge in [-0.05, 0) is 74.5 Å². The molecule has 1 fully saturated rings. The molecule has 0 aliphatic carbocycles. The Balaban J connectivity index is 1.60. The van der Waals surface area contributed by atoms with Crippen LogP contribution in [0.4, 0.5) is 34.6 Å². The number of anilines is 2. The molecule has 1 unspecified atom stereocenters. The van der Waals surface area contributed by atoms with Crippen molar-refractivity contribution in [2.24, 2.45) is 4.99 Å². The number of guanidine groups is 1. The molecule has 0 spiro atoms. The highest BCUT2D eigenvalue weighted by molar-refractivity contribution is 6.02. The minimum atomic E-state index is -4.61. The fourth-order valence-electron chi connectivity index (χ4n) is 5.45. The van der Waals surface area contributed by atoms with Gasteiger partial charge in [0.15, 0.2) is 0 Å². The van der Waals surface area contributed by atoms with Gasteiger partial charge in [0.25, 0.3) is 0 Å². The third-order valence-corrected chi connectivity index (χ3v) is 7.49. The number of fused-ring (bicyclic) bond motifs is 1. The van der Waals surface area contributed by atoms with E-state index in [9.17, 15) is 27.2 Å². The van der Waals surface area contributed by atoms with Crippen LogP contribution in [0, 0.1) is 5.82 Å². The third kappa shape index (κ3) is 6.63. The van der Waals surface area contributed by atoms with Gasteiger partial charge in [-0.1, -0.05) is 6.07 Å². The van der Waals surface area contributed by atoms with E-state index in [2.05, 4.69) is 4.90 Å². The summed E-state index contributed by atoms with van der Waals surface area (Å²) in [6.45, 7) is 5.39. The predicted molar refractivity (Wildman–Crippen MR) is 158 cm³/mol. The van der Waals surface area contributed by atoms with Crippen molar-refractivity contribution < 1.29 is 36.6 Å². The van der Waals surface area contributed by atoms with Crippen LogP contribution in [-0.2, 0) is 20.4 Å². The van der Waals surface area contributed by atoms with Crippen molar-refractivity contribution in [3.05, 3.63) is 89.2 Å². The van der Waals surface area contributed by atoms with Crippen molar-refractivity contribution in [2.45, 2.75) is 38.6 Å². The first-order chi connectivity index (χ1) is 20.9. The van der Waals surface area contributed by atoms with Gasteiger partial charge in [-0.3, -0.25) is 4.79 Å². The van der Waals surface area contributed by atoms with Gasteiger partial charge < -0.3 is 24.2 Å². The summed E-state index contributed by atoms with van der Waals surface area (Å²) in [7, 11) is 1.25.